The van der Waals surface area contributed by atoms with Crippen LogP contribution in [-0.2, 0) is 15.8 Å². The number of halogens is 1. The third kappa shape index (κ3) is 5.90. The Bertz CT molecular complexity index is 1450. The van der Waals surface area contributed by atoms with E-state index in [0.29, 0.717) is 46.9 Å². The molecule has 2 aromatic carbocycles. The molecule has 35 heavy (non-hydrogen) atoms. The maximum atomic E-state index is 15.0. The normalized spacial score (nSPS) is 11.7. The molecule has 0 amide bonds. The van der Waals surface area contributed by atoms with Crippen molar-refractivity contribution in [2.75, 3.05) is 23.1 Å². The number of benzene rings is 2. The van der Waals surface area contributed by atoms with Crippen molar-refractivity contribution in [2.45, 2.75) is 25.5 Å². The van der Waals surface area contributed by atoms with E-state index in [2.05, 4.69) is 25.0 Å². The molecule has 0 aliphatic carbocycles. The highest BCUT2D eigenvalue weighted by Gasteiger charge is 2.17. The Morgan fingerprint density at radius 1 is 1.06 bits per heavy atom. The molecule has 0 fully saturated rings. The Morgan fingerprint density at radius 2 is 1.83 bits per heavy atom. The van der Waals surface area contributed by atoms with Crippen molar-refractivity contribution in [3.8, 4) is 11.3 Å². The highest BCUT2D eigenvalue weighted by Crippen LogP contribution is 2.30. The standard InChI is InChI=1S/C25H27FN6O2S/c1-16(2)19-13-22(30-23-14-29-25(28-11-10-27)31-24(19)23)18-8-9-21(20(26)12-18)32-35(33,34)15-17-6-4-3-5-7-17/h3-9,12-14,16,32H,10-11,15,27H2,1-2H3,(H,28,29,31). The number of nitrogens with one attached hydrogen (secondary N) is 2. The van der Waals surface area contributed by atoms with Crippen LogP contribution in [0.3, 0.4) is 0 Å². The molecule has 10 heteroatoms. The minimum Gasteiger partial charge on any atom is -0.353 e. The molecule has 0 saturated carbocycles. The van der Waals surface area contributed by atoms with Crippen LogP contribution in [0.25, 0.3) is 22.3 Å². The molecule has 0 bridgehead atoms. The third-order valence-corrected chi connectivity index (χ3v) is 6.60. The Balaban J connectivity index is 1.64. The Morgan fingerprint density at radius 3 is 2.51 bits per heavy atom. The lowest BCUT2D eigenvalue weighted by Gasteiger charge is -2.14. The summed E-state index contributed by atoms with van der Waals surface area (Å²) in [5.41, 5.74) is 9.34. The molecule has 8 nitrogen and oxygen atoms in total. The van der Waals surface area contributed by atoms with Crippen LogP contribution in [0, 0.1) is 5.82 Å². The van der Waals surface area contributed by atoms with Crippen molar-refractivity contribution >= 4 is 32.7 Å². The Kier molecular flexibility index (Phi) is 7.23. The maximum Gasteiger partial charge on any atom is 0.237 e. The maximum absolute atomic E-state index is 15.0. The first-order chi connectivity index (χ1) is 16.8. The van der Waals surface area contributed by atoms with Crippen LogP contribution in [-0.4, -0.2) is 36.5 Å². The van der Waals surface area contributed by atoms with Crippen LogP contribution >= 0.6 is 0 Å². The number of pyridine rings is 1. The average Bonchev–Trinajstić information content (AvgIpc) is 2.83. The van der Waals surface area contributed by atoms with Gasteiger partial charge in [0.25, 0.3) is 0 Å². The first kappa shape index (κ1) is 24.5. The molecule has 4 N–H and O–H groups in total. The predicted molar refractivity (Wildman–Crippen MR) is 137 cm³/mol. The number of sulfonamides is 1. The van der Waals surface area contributed by atoms with Gasteiger partial charge in [0.05, 0.1) is 28.8 Å². The lowest BCUT2D eigenvalue weighted by molar-refractivity contribution is 0.598. The highest BCUT2D eigenvalue weighted by atomic mass is 32.2. The minimum absolute atomic E-state index is 0.117. The summed E-state index contributed by atoms with van der Waals surface area (Å²) in [4.78, 5) is 13.5. The zero-order valence-corrected chi connectivity index (χ0v) is 20.3. The average molecular weight is 495 g/mol. The molecule has 0 aliphatic rings. The van der Waals surface area contributed by atoms with Gasteiger partial charge in [0.2, 0.25) is 16.0 Å². The minimum atomic E-state index is -3.78. The van der Waals surface area contributed by atoms with E-state index < -0.39 is 15.8 Å². The number of hydrogen-bond donors (Lipinski definition) is 3. The summed E-state index contributed by atoms with van der Waals surface area (Å²) < 4.78 is 42.3. The lowest BCUT2D eigenvalue weighted by Crippen LogP contribution is -2.16. The van der Waals surface area contributed by atoms with Gasteiger partial charge in [-0.1, -0.05) is 50.2 Å². The van der Waals surface area contributed by atoms with Crippen molar-refractivity contribution in [1.29, 1.82) is 0 Å². The SMILES string of the molecule is CC(C)c1cc(-c2ccc(NS(=O)(=O)Cc3ccccc3)c(F)c2)nc2cnc(NCCN)nc12. The summed E-state index contributed by atoms with van der Waals surface area (Å²) in [6.07, 6.45) is 1.62. The largest absolute Gasteiger partial charge is 0.353 e. The van der Waals surface area contributed by atoms with Gasteiger partial charge in [-0.05, 0) is 35.2 Å². The van der Waals surface area contributed by atoms with E-state index in [0.717, 1.165) is 5.56 Å². The molecule has 2 heterocycles. The van der Waals surface area contributed by atoms with Crippen LogP contribution in [0.4, 0.5) is 16.0 Å². The molecular formula is C25H27FN6O2S. The van der Waals surface area contributed by atoms with Crippen LogP contribution < -0.4 is 15.8 Å². The number of fused-ring (bicyclic) bond motifs is 1. The number of anilines is 2. The van der Waals surface area contributed by atoms with Gasteiger partial charge in [-0.3, -0.25) is 4.72 Å². The second-order valence-corrected chi connectivity index (χ2v) is 10.2. The van der Waals surface area contributed by atoms with Crippen molar-refractivity contribution in [1.82, 2.24) is 15.0 Å². The van der Waals surface area contributed by atoms with Gasteiger partial charge in [-0.15, -0.1) is 0 Å². The highest BCUT2D eigenvalue weighted by molar-refractivity contribution is 7.91. The molecule has 0 spiro atoms. The number of nitrogens with two attached hydrogens (primary N) is 1. The number of aromatic nitrogens is 3. The third-order valence-electron chi connectivity index (χ3n) is 5.36. The van der Waals surface area contributed by atoms with Crippen molar-refractivity contribution in [2.24, 2.45) is 5.73 Å². The summed E-state index contributed by atoms with van der Waals surface area (Å²) >= 11 is 0. The monoisotopic (exact) mass is 494 g/mol. The lowest BCUT2D eigenvalue weighted by atomic mass is 9.99. The molecule has 182 valence electrons. The fourth-order valence-corrected chi connectivity index (χ4v) is 4.86. The van der Waals surface area contributed by atoms with Crippen molar-refractivity contribution in [3.05, 3.63) is 77.7 Å². The Labute approximate surface area is 203 Å². The van der Waals surface area contributed by atoms with Gasteiger partial charge in [0, 0.05) is 18.7 Å². The predicted octanol–water partition coefficient (Wildman–Crippen LogP) is 4.27. The fraction of sp³-hybridized carbons (Fsp3) is 0.240. The first-order valence-corrected chi connectivity index (χ1v) is 12.9. The summed E-state index contributed by atoms with van der Waals surface area (Å²) in [5, 5.41) is 3.07. The van der Waals surface area contributed by atoms with Crippen LogP contribution in [0.2, 0.25) is 0 Å². The van der Waals surface area contributed by atoms with Gasteiger partial charge < -0.3 is 11.1 Å². The van der Waals surface area contributed by atoms with E-state index in [9.17, 15) is 12.8 Å². The molecule has 4 aromatic rings. The van der Waals surface area contributed by atoms with Crippen LogP contribution in [0.1, 0.15) is 30.9 Å². The zero-order valence-electron chi connectivity index (χ0n) is 19.5. The number of hydrogen-bond acceptors (Lipinski definition) is 7. The molecule has 0 atom stereocenters. The molecule has 2 aromatic heterocycles. The summed E-state index contributed by atoms with van der Waals surface area (Å²) in [5.74, 6) is -0.339. The molecular weight excluding hydrogens is 467 g/mol. The van der Waals surface area contributed by atoms with Gasteiger partial charge in [-0.25, -0.2) is 27.8 Å². The van der Waals surface area contributed by atoms with Crippen molar-refractivity contribution in [3.63, 3.8) is 0 Å². The van der Waals surface area contributed by atoms with E-state index in [1.54, 1.807) is 42.6 Å². The van der Waals surface area contributed by atoms with Crippen molar-refractivity contribution < 1.29 is 12.8 Å². The molecule has 0 radical (unpaired) electrons. The number of rotatable bonds is 9. The number of nitrogens with zero attached hydrogens (tertiary/aromatic N) is 3. The Hall–Kier alpha value is -3.63. The van der Waals surface area contributed by atoms with Gasteiger partial charge in [0.1, 0.15) is 11.3 Å². The van der Waals surface area contributed by atoms with E-state index >= 15 is 0 Å². The van der Waals surface area contributed by atoms with E-state index in [1.165, 1.54) is 12.1 Å². The summed E-state index contributed by atoms with van der Waals surface area (Å²) in [6, 6.07) is 14.9. The van der Waals surface area contributed by atoms with Crippen LogP contribution in [0.5, 0.6) is 0 Å². The topological polar surface area (TPSA) is 123 Å². The molecule has 0 unspecified atom stereocenters. The van der Waals surface area contributed by atoms with E-state index in [1.807, 2.05) is 19.9 Å². The van der Waals surface area contributed by atoms with E-state index in [4.69, 9.17) is 5.73 Å². The van der Waals surface area contributed by atoms with Crippen LogP contribution in [0.15, 0.2) is 60.8 Å². The quantitative estimate of drug-likeness (QED) is 0.318. The summed E-state index contributed by atoms with van der Waals surface area (Å²) in [7, 11) is -3.78. The van der Waals surface area contributed by atoms with Gasteiger partial charge in [0.15, 0.2) is 0 Å². The molecule has 0 aliphatic heterocycles. The molecule has 4 rings (SSSR count). The van der Waals surface area contributed by atoms with Gasteiger partial charge >= 0.3 is 0 Å². The second kappa shape index (κ2) is 10.3. The second-order valence-electron chi connectivity index (χ2n) is 8.44. The molecule has 0 saturated heterocycles. The van der Waals surface area contributed by atoms with E-state index in [-0.39, 0.29) is 17.4 Å². The fourth-order valence-electron chi connectivity index (χ4n) is 3.66. The van der Waals surface area contributed by atoms with Gasteiger partial charge in [-0.2, -0.15) is 0 Å². The smallest absolute Gasteiger partial charge is 0.237 e. The first-order valence-electron chi connectivity index (χ1n) is 11.2. The summed E-state index contributed by atoms with van der Waals surface area (Å²) in [6.45, 7) is 5.09. The zero-order chi connectivity index (χ0) is 25.0.